The van der Waals surface area contributed by atoms with Gasteiger partial charge in [0.1, 0.15) is 0 Å². The van der Waals surface area contributed by atoms with Crippen LogP contribution in [-0.4, -0.2) is 30.4 Å². The zero-order chi connectivity index (χ0) is 18.4. The molecule has 0 heterocycles. The minimum absolute atomic E-state index is 0.00386. The molecule has 26 heavy (non-hydrogen) atoms. The Labute approximate surface area is 155 Å². The van der Waals surface area contributed by atoms with Gasteiger partial charge in [-0.05, 0) is 29.2 Å². The van der Waals surface area contributed by atoms with E-state index in [9.17, 15) is 4.79 Å². The molecule has 0 bridgehead atoms. The highest BCUT2D eigenvalue weighted by Crippen LogP contribution is 2.25. The number of carbonyl (C=O) groups is 1. The quantitative estimate of drug-likeness (QED) is 0.735. The first-order chi connectivity index (χ1) is 12.7. The van der Waals surface area contributed by atoms with Crippen LogP contribution in [0.1, 0.15) is 15.9 Å². The lowest BCUT2D eigenvalue weighted by molar-refractivity contribution is 0.0737. The Kier molecular flexibility index (Phi) is 5.82. The molecule has 3 heteroatoms. The number of benzene rings is 3. The first-order valence-electron chi connectivity index (χ1n) is 8.86. The molecular weight excluding hydrogens is 320 g/mol. The number of rotatable bonds is 6. The highest BCUT2D eigenvalue weighted by atomic mass is 16.2. The summed E-state index contributed by atoms with van der Waals surface area (Å²) in [6.45, 7) is 0.421. The summed E-state index contributed by atoms with van der Waals surface area (Å²) in [7, 11) is 1.84. The summed E-state index contributed by atoms with van der Waals surface area (Å²) in [5.41, 5.74) is 9.86. The van der Waals surface area contributed by atoms with Crippen LogP contribution in [0.15, 0.2) is 84.9 Å². The number of carbonyl (C=O) groups excluding carboxylic acids is 1. The maximum absolute atomic E-state index is 13.2. The second-order valence-corrected chi connectivity index (χ2v) is 6.41. The van der Waals surface area contributed by atoms with E-state index < -0.39 is 0 Å². The summed E-state index contributed by atoms with van der Waals surface area (Å²) in [5, 5.41) is 0. The first-order valence-corrected chi connectivity index (χ1v) is 8.86. The van der Waals surface area contributed by atoms with Crippen LogP contribution in [0.2, 0.25) is 0 Å². The van der Waals surface area contributed by atoms with E-state index in [1.54, 1.807) is 4.90 Å². The van der Waals surface area contributed by atoms with Gasteiger partial charge in [0, 0.05) is 25.2 Å². The normalized spacial score (nSPS) is 11.8. The third-order valence-corrected chi connectivity index (χ3v) is 4.70. The molecule has 2 N–H and O–H groups in total. The minimum atomic E-state index is -0.0475. The molecule has 1 atom stereocenters. The summed E-state index contributed by atoms with van der Waals surface area (Å²) in [6, 6.07) is 27.8. The molecule has 0 spiro atoms. The zero-order valence-corrected chi connectivity index (χ0v) is 15.0. The lowest BCUT2D eigenvalue weighted by atomic mass is 9.98. The second kappa shape index (κ2) is 8.45. The van der Waals surface area contributed by atoms with Crippen LogP contribution in [-0.2, 0) is 6.42 Å². The van der Waals surface area contributed by atoms with E-state index >= 15 is 0 Å². The maximum atomic E-state index is 13.2. The van der Waals surface area contributed by atoms with Gasteiger partial charge in [0.15, 0.2) is 0 Å². The van der Waals surface area contributed by atoms with Crippen molar-refractivity contribution in [2.24, 2.45) is 5.73 Å². The Bertz CT molecular complexity index is 846. The van der Waals surface area contributed by atoms with Crippen molar-refractivity contribution in [1.82, 2.24) is 4.90 Å². The summed E-state index contributed by atoms with van der Waals surface area (Å²) >= 11 is 0. The van der Waals surface area contributed by atoms with Crippen molar-refractivity contribution < 1.29 is 4.79 Å². The minimum Gasteiger partial charge on any atom is -0.337 e. The maximum Gasteiger partial charge on any atom is 0.254 e. The van der Waals surface area contributed by atoms with E-state index in [1.165, 1.54) is 5.56 Å². The van der Waals surface area contributed by atoms with Crippen molar-refractivity contribution in [2.45, 2.75) is 12.5 Å². The van der Waals surface area contributed by atoms with Crippen LogP contribution < -0.4 is 5.73 Å². The van der Waals surface area contributed by atoms with Crippen LogP contribution in [0, 0.1) is 0 Å². The molecular formula is C23H24N2O. The number of hydrogen-bond donors (Lipinski definition) is 1. The molecule has 0 aromatic heterocycles. The molecule has 3 aromatic carbocycles. The second-order valence-electron chi connectivity index (χ2n) is 6.41. The van der Waals surface area contributed by atoms with Gasteiger partial charge in [-0.25, -0.2) is 0 Å². The highest BCUT2D eigenvalue weighted by molar-refractivity contribution is 6.00. The molecule has 3 rings (SSSR count). The number of amides is 1. The predicted molar refractivity (Wildman–Crippen MR) is 107 cm³/mol. The van der Waals surface area contributed by atoms with E-state index in [2.05, 4.69) is 12.1 Å². The van der Waals surface area contributed by atoms with Gasteiger partial charge >= 0.3 is 0 Å². The molecule has 0 aliphatic rings. The molecule has 0 fully saturated rings. The molecule has 132 valence electrons. The van der Waals surface area contributed by atoms with Crippen LogP contribution in [0.25, 0.3) is 11.1 Å². The summed E-state index contributed by atoms with van der Waals surface area (Å²) < 4.78 is 0. The molecule has 0 radical (unpaired) electrons. The number of likely N-dealkylation sites (N-methyl/N-ethyl adjacent to an activating group) is 1. The Morgan fingerprint density at radius 2 is 1.46 bits per heavy atom. The summed E-state index contributed by atoms with van der Waals surface area (Å²) in [4.78, 5) is 15.0. The third-order valence-electron chi connectivity index (χ3n) is 4.70. The largest absolute Gasteiger partial charge is 0.337 e. The fraction of sp³-hybridized carbons (Fsp3) is 0.174. The van der Waals surface area contributed by atoms with Gasteiger partial charge in [-0.15, -0.1) is 0 Å². The molecule has 0 unspecified atom stereocenters. The Morgan fingerprint density at radius 1 is 0.885 bits per heavy atom. The lowest BCUT2D eigenvalue weighted by Crippen LogP contribution is -2.43. The molecule has 3 nitrogen and oxygen atoms in total. The smallest absolute Gasteiger partial charge is 0.254 e. The van der Waals surface area contributed by atoms with Gasteiger partial charge in [-0.1, -0.05) is 78.9 Å². The number of nitrogens with zero attached hydrogens (tertiary/aromatic N) is 1. The van der Waals surface area contributed by atoms with E-state index in [4.69, 9.17) is 5.73 Å². The summed E-state index contributed by atoms with van der Waals surface area (Å²) in [6.07, 6.45) is 0.743. The molecule has 3 aromatic rings. The van der Waals surface area contributed by atoms with Crippen LogP contribution in [0.4, 0.5) is 0 Å². The van der Waals surface area contributed by atoms with Gasteiger partial charge in [-0.3, -0.25) is 4.79 Å². The van der Waals surface area contributed by atoms with Crippen LogP contribution >= 0.6 is 0 Å². The Balaban J connectivity index is 1.86. The topological polar surface area (TPSA) is 46.3 Å². The van der Waals surface area contributed by atoms with Crippen molar-refractivity contribution in [3.05, 3.63) is 96.1 Å². The lowest BCUT2D eigenvalue weighted by Gasteiger charge is -2.28. The van der Waals surface area contributed by atoms with Gasteiger partial charge in [0.05, 0.1) is 0 Å². The number of hydrogen-bond acceptors (Lipinski definition) is 2. The average Bonchev–Trinajstić information content (AvgIpc) is 2.72. The van der Waals surface area contributed by atoms with Crippen molar-refractivity contribution in [1.29, 1.82) is 0 Å². The standard InChI is InChI=1S/C23H24N2O/c1-25(20(17-24)16-18-10-4-2-5-11-18)23(26)22-15-9-8-14-21(22)19-12-6-3-7-13-19/h2-15,20H,16-17,24H2,1H3/t20-/m0/s1. The average molecular weight is 344 g/mol. The van der Waals surface area contributed by atoms with Gasteiger partial charge in [0.2, 0.25) is 0 Å². The SMILES string of the molecule is CN(C(=O)c1ccccc1-c1ccccc1)[C@H](CN)Cc1ccccc1. The summed E-state index contributed by atoms with van der Waals surface area (Å²) in [5.74, 6) is -0.00386. The highest BCUT2D eigenvalue weighted by Gasteiger charge is 2.22. The predicted octanol–water partition coefficient (Wildman–Crippen LogP) is 4.00. The van der Waals surface area contributed by atoms with Gasteiger partial charge < -0.3 is 10.6 Å². The fourth-order valence-electron chi connectivity index (χ4n) is 3.16. The number of nitrogens with two attached hydrogens (primary N) is 1. The first kappa shape index (κ1) is 17.9. The van der Waals surface area contributed by atoms with Gasteiger partial charge in [-0.2, -0.15) is 0 Å². The van der Waals surface area contributed by atoms with Gasteiger partial charge in [0.25, 0.3) is 5.91 Å². The van der Waals surface area contributed by atoms with Crippen molar-refractivity contribution in [2.75, 3.05) is 13.6 Å². The molecule has 0 saturated heterocycles. The van der Waals surface area contributed by atoms with E-state index in [0.29, 0.717) is 12.1 Å². The third kappa shape index (κ3) is 4.01. The molecule has 0 saturated carbocycles. The van der Waals surface area contributed by atoms with Crippen LogP contribution in [0.3, 0.4) is 0 Å². The Hall–Kier alpha value is -2.91. The molecule has 0 aliphatic heterocycles. The van der Waals surface area contributed by atoms with Crippen LogP contribution in [0.5, 0.6) is 0 Å². The van der Waals surface area contributed by atoms with E-state index in [-0.39, 0.29) is 11.9 Å². The Morgan fingerprint density at radius 3 is 2.12 bits per heavy atom. The van der Waals surface area contributed by atoms with Crippen molar-refractivity contribution >= 4 is 5.91 Å². The molecule has 1 amide bonds. The van der Waals surface area contributed by atoms with E-state index in [0.717, 1.165) is 17.5 Å². The zero-order valence-electron chi connectivity index (χ0n) is 15.0. The monoisotopic (exact) mass is 344 g/mol. The van der Waals surface area contributed by atoms with Crippen molar-refractivity contribution in [3.8, 4) is 11.1 Å². The fourth-order valence-corrected chi connectivity index (χ4v) is 3.16. The van der Waals surface area contributed by atoms with Crippen molar-refractivity contribution in [3.63, 3.8) is 0 Å². The molecule has 0 aliphatic carbocycles. The van der Waals surface area contributed by atoms with E-state index in [1.807, 2.05) is 79.8 Å².